The van der Waals surface area contributed by atoms with Gasteiger partial charge in [0, 0.05) is 12.1 Å². The number of nitrogens with zero attached hydrogens (tertiary/aromatic N) is 4. The molecule has 1 aromatic carbocycles. The third-order valence-electron chi connectivity index (χ3n) is 2.55. The van der Waals surface area contributed by atoms with Gasteiger partial charge in [0.05, 0.1) is 32.9 Å². The lowest BCUT2D eigenvalue weighted by molar-refractivity contribution is 0.324. The average molecular weight is 285 g/mol. The normalized spacial score (nSPS) is 10.3. The van der Waals surface area contributed by atoms with E-state index < -0.39 is 0 Å². The summed E-state index contributed by atoms with van der Waals surface area (Å²) in [5.74, 6) is 2.27. The molecule has 102 valence electrons. The quantitative estimate of drug-likeness (QED) is 0.774. The highest BCUT2D eigenvalue weighted by atomic mass is 35.5. The van der Waals surface area contributed by atoms with Crippen LogP contribution in [0.5, 0.6) is 17.2 Å². The van der Waals surface area contributed by atoms with Crippen LogP contribution in [-0.4, -0.2) is 41.5 Å². The molecule has 1 aromatic heterocycles. The van der Waals surface area contributed by atoms with Crippen LogP contribution in [0.15, 0.2) is 12.1 Å². The molecule has 0 saturated heterocycles. The van der Waals surface area contributed by atoms with E-state index in [-0.39, 0.29) is 5.88 Å². The van der Waals surface area contributed by atoms with Gasteiger partial charge in [0.25, 0.3) is 0 Å². The molecule has 0 bridgehead atoms. The standard InChI is InChI=1S/C11H13ClN4O3/c1-17-8-4-7(5-9(18-2)11(8)19-3)16-10(6-12)13-14-15-16/h4-5H,6H2,1-3H3. The molecule has 0 atom stereocenters. The molecule has 2 aromatic rings. The molecule has 1 heterocycles. The molecule has 8 heteroatoms. The minimum absolute atomic E-state index is 0.198. The van der Waals surface area contributed by atoms with Crippen molar-refractivity contribution in [3.05, 3.63) is 18.0 Å². The fourth-order valence-corrected chi connectivity index (χ4v) is 1.85. The Morgan fingerprint density at radius 3 is 2.21 bits per heavy atom. The lowest BCUT2D eigenvalue weighted by Crippen LogP contribution is -2.04. The minimum Gasteiger partial charge on any atom is -0.493 e. The highest BCUT2D eigenvalue weighted by Crippen LogP contribution is 2.39. The third kappa shape index (κ3) is 2.41. The van der Waals surface area contributed by atoms with Crippen molar-refractivity contribution in [1.29, 1.82) is 0 Å². The highest BCUT2D eigenvalue weighted by molar-refractivity contribution is 6.16. The predicted octanol–water partition coefficient (Wildman–Crippen LogP) is 1.43. The molecule has 0 spiro atoms. The van der Waals surface area contributed by atoms with E-state index >= 15 is 0 Å². The number of hydrogen-bond acceptors (Lipinski definition) is 6. The van der Waals surface area contributed by atoms with Crippen molar-refractivity contribution in [1.82, 2.24) is 20.2 Å². The Morgan fingerprint density at radius 1 is 1.11 bits per heavy atom. The zero-order valence-corrected chi connectivity index (χ0v) is 11.5. The number of ether oxygens (including phenoxy) is 3. The van der Waals surface area contributed by atoms with Gasteiger partial charge in [0.2, 0.25) is 5.75 Å². The van der Waals surface area contributed by atoms with Crippen LogP contribution in [0.2, 0.25) is 0 Å². The summed E-state index contributed by atoms with van der Waals surface area (Å²) in [5.41, 5.74) is 0.676. The van der Waals surface area contributed by atoms with Crippen molar-refractivity contribution in [2.24, 2.45) is 0 Å². The van der Waals surface area contributed by atoms with Crippen molar-refractivity contribution in [3.8, 4) is 22.9 Å². The maximum Gasteiger partial charge on any atom is 0.203 e. The zero-order valence-electron chi connectivity index (χ0n) is 10.8. The molecule has 0 aliphatic rings. The predicted molar refractivity (Wildman–Crippen MR) is 68.4 cm³/mol. The summed E-state index contributed by atoms with van der Waals surface area (Å²) in [5, 5.41) is 11.3. The molecule has 0 unspecified atom stereocenters. The topological polar surface area (TPSA) is 71.3 Å². The second-order valence-electron chi connectivity index (χ2n) is 3.52. The first-order valence-corrected chi connectivity index (χ1v) is 5.92. The maximum atomic E-state index is 5.78. The Bertz CT molecular complexity index is 548. The van der Waals surface area contributed by atoms with E-state index in [0.717, 1.165) is 0 Å². The Balaban J connectivity index is 2.59. The highest BCUT2D eigenvalue weighted by Gasteiger charge is 2.16. The second kappa shape index (κ2) is 5.75. The Hall–Kier alpha value is -2.02. The van der Waals surface area contributed by atoms with Crippen LogP contribution in [-0.2, 0) is 5.88 Å². The van der Waals surface area contributed by atoms with Crippen molar-refractivity contribution in [2.45, 2.75) is 5.88 Å². The number of halogens is 1. The van der Waals surface area contributed by atoms with E-state index in [1.807, 2.05) is 0 Å². The lowest BCUT2D eigenvalue weighted by Gasteiger charge is -2.14. The maximum absolute atomic E-state index is 5.78. The van der Waals surface area contributed by atoms with E-state index in [9.17, 15) is 0 Å². The first kappa shape index (κ1) is 13.4. The molecule has 0 N–H and O–H groups in total. The second-order valence-corrected chi connectivity index (χ2v) is 3.79. The summed E-state index contributed by atoms with van der Waals surface area (Å²) in [6.45, 7) is 0. The van der Waals surface area contributed by atoms with Crippen molar-refractivity contribution >= 4 is 11.6 Å². The van der Waals surface area contributed by atoms with E-state index in [1.165, 1.54) is 4.68 Å². The van der Waals surface area contributed by atoms with Gasteiger partial charge in [-0.1, -0.05) is 0 Å². The molecule has 0 saturated carbocycles. The van der Waals surface area contributed by atoms with Gasteiger partial charge in [-0.3, -0.25) is 0 Å². The van der Waals surface area contributed by atoms with E-state index in [2.05, 4.69) is 15.5 Å². The number of tetrazole rings is 1. The number of methoxy groups -OCH3 is 3. The number of alkyl halides is 1. The minimum atomic E-state index is 0.198. The average Bonchev–Trinajstić information content (AvgIpc) is 2.93. The molecule has 0 amide bonds. The molecule has 19 heavy (non-hydrogen) atoms. The fourth-order valence-electron chi connectivity index (χ4n) is 1.68. The third-order valence-corrected chi connectivity index (χ3v) is 2.79. The SMILES string of the molecule is COc1cc(-n2nnnc2CCl)cc(OC)c1OC. The van der Waals surface area contributed by atoms with Gasteiger partial charge in [-0.25, -0.2) is 0 Å². The first-order chi connectivity index (χ1) is 9.24. The zero-order chi connectivity index (χ0) is 13.8. The number of benzene rings is 1. The molecule has 7 nitrogen and oxygen atoms in total. The van der Waals surface area contributed by atoms with Crippen molar-refractivity contribution < 1.29 is 14.2 Å². The van der Waals surface area contributed by atoms with Gasteiger partial charge in [-0.2, -0.15) is 4.68 Å². The van der Waals surface area contributed by atoms with Gasteiger partial charge in [-0.05, 0) is 10.4 Å². The van der Waals surface area contributed by atoms with E-state index in [4.69, 9.17) is 25.8 Å². The van der Waals surface area contributed by atoms with E-state index in [0.29, 0.717) is 28.8 Å². The van der Waals surface area contributed by atoms with Crippen LogP contribution in [0.4, 0.5) is 0 Å². The molecule has 0 aliphatic heterocycles. The van der Waals surface area contributed by atoms with Crippen LogP contribution < -0.4 is 14.2 Å². The lowest BCUT2D eigenvalue weighted by atomic mass is 10.2. The molecular weight excluding hydrogens is 272 g/mol. The molecule has 2 rings (SSSR count). The Morgan fingerprint density at radius 2 is 1.74 bits per heavy atom. The van der Waals surface area contributed by atoms with Crippen molar-refractivity contribution in [2.75, 3.05) is 21.3 Å². The van der Waals surface area contributed by atoms with Crippen LogP contribution >= 0.6 is 11.6 Å². The Kier molecular flexibility index (Phi) is 4.06. The molecular formula is C11H13ClN4O3. The Labute approximate surface area is 115 Å². The molecule has 0 aliphatic carbocycles. The summed E-state index contributed by atoms with van der Waals surface area (Å²) in [7, 11) is 4.63. The van der Waals surface area contributed by atoms with Crippen molar-refractivity contribution in [3.63, 3.8) is 0 Å². The van der Waals surface area contributed by atoms with Gasteiger partial charge < -0.3 is 14.2 Å². The largest absolute Gasteiger partial charge is 0.493 e. The van der Waals surface area contributed by atoms with Gasteiger partial charge in [-0.15, -0.1) is 16.7 Å². The summed E-state index contributed by atoms with van der Waals surface area (Å²) >= 11 is 5.78. The fraction of sp³-hybridized carbons (Fsp3) is 0.364. The number of hydrogen-bond donors (Lipinski definition) is 0. The smallest absolute Gasteiger partial charge is 0.203 e. The summed E-state index contributed by atoms with van der Waals surface area (Å²) in [6.07, 6.45) is 0. The summed E-state index contributed by atoms with van der Waals surface area (Å²) in [4.78, 5) is 0. The first-order valence-electron chi connectivity index (χ1n) is 5.38. The van der Waals surface area contributed by atoms with Crippen LogP contribution in [0, 0.1) is 0 Å². The van der Waals surface area contributed by atoms with Gasteiger partial charge >= 0.3 is 0 Å². The molecule has 0 radical (unpaired) electrons. The number of rotatable bonds is 5. The van der Waals surface area contributed by atoms with Crippen LogP contribution in [0.1, 0.15) is 5.82 Å². The van der Waals surface area contributed by atoms with E-state index in [1.54, 1.807) is 33.5 Å². The summed E-state index contributed by atoms with van der Waals surface area (Å²) in [6, 6.07) is 3.49. The van der Waals surface area contributed by atoms with Gasteiger partial charge in [0.15, 0.2) is 17.3 Å². The number of aromatic nitrogens is 4. The van der Waals surface area contributed by atoms with Gasteiger partial charge in [0.1, 0.15) is 0 Å². The molecule has 0 fully saturated rings. The monoisotopic (exact) mass is 284 g/mol. The van der Waals surface area contributed by atoms with Crippen LogP contribution in [0.25, 0.3) is 5.69 Å². The summed E-state index contributed by atoms with van der Waals surface area (Å²) < 4.78 is 17.3. The van der Waals surface area contributed by atoms with Crippen LogP contribution in [0.3, 0.4) is 0 Å².